The number of amides is 1. The van der Waals surface area contributed by atoms with Crippen molar-refractivity contribution in [2.75, 3.05) is 10.6 Å². The van der Waals surface area contributed by atoms with Crippen molar-refractivity contribution in [2.45, 2.75) is 13.8 Å². The van der Waals surface area contributed by atoms with Crippen molar-refractivity contribution in [1.29, 1.82) is 0 Å². The molecule has 0 bridgehead atoms. The SMILES string of the molecule is Cc1ncc(Nc2snc(C)c2C(=O)Nc2ccc(F)c(F)c2)nc1C(=O)O. The van der Waals surface area contributed by atoms with Gasteiger partial charge in [0.25, 0.3) is 5.91 Å². The highest BCUT2D eigenvalue weighted by Gasteiger charge is 2.20. The summed E-state index contributed by atoms with van der Waals surface area (Å²) in [6.45, 7) is 3.11. The third kappa shape index (κ3) is 3.93. The van der Waals surface area contributed by atoms with Crippen molar-refractivity contribution in [3.05, 3.63) is 58.7 Å². The molecular weight excluding hydrogens is 392 g/mol. The van der Waals surface area contributed by atoms with Crippen LogP contribution in [0.4, 0.5) is 25.3 Å². The lowest BCUT2D eigenvalue weighted by atomic mass is 10.2. The van der Waals surface area contributed by atoms with Crippen LogP contribution in [0.2, 0.25) is 0 Å². The number of carboxylic acid groups (broad SMARTS) is 1. The van der Waals surface area contributed by atoms with Gasteiger partial charge in [-0.05, 0) is 37.5 Å². The van der Waals surface area contributed by atoms with Gasteiger partial charge in [-0.3, -0.25) is 9.78 Å². The molecule has 0 aliphatic carbocycles. The number of rotatable bonds is 5. The molecule has 8 nitrogen and oxygen atoms in total. The molecular formula is C17H13F2N5O3S. The molecule has 2 aromatic heterocycles. The predicted octanol–water partition coefficient (Wildman–Crippen LogP) is 3.52. The van der Waals surface area contributed by atoms with Crippen LogP contribution in [0, 0.1) is 25.5 Å². The average Bonchev–Trinajstić information content (AvgIpc) is 3.00. The van der Waals surface area contributed by atoms with Gasteiger partial charge >= 0.3 is 5.97 Å². The lowest BCUT2D eigenvalue weighted by Gasteiger charge is -2.09. The number of aromatic nitrogens is 3. The summed E-state index contributed by atoms with van der Waals surface area (Å²) in [4.78, 5) is 31.7. The van der Waals surface area contributed by atoms with E-state index in [1.165, 1.54) is 19.2 Å². The second-order valence-electron chi connectivity index (χ2n) is 5.67. The molecule has 0 saturated carbocycles. The van der Waals surface area contributed by atoms with Gasteiger partial charge in [-0.2, -0.15) is 4.37 Å². The van der Waals surface area contributed by atoms with E-state index in [0.717, 1.165) is 23.7 Å². The van der Waals surface area contributed by atoms with Crippen LogP contribution in [-0.4, -0.2) is 31.3 Å². The molecule has 11 heteroatoms. The van der Waals surface area contributed by atoms with E-state index in [2.05, 4.69) is 25.0 Å². The summed E-state index contributed by atoms with van der Waals surface area (Å²) in [6, 6.07) is 2.99. The van der Waals surface area contributed by atoms with E-state index in [-0.39, 0.29) is 28.5 Å². The van der Waals surface area contributed by atoms with Crippen LogP contribution in [0.1, 0.15) is 32.2 Å². The predicted molar refractivity (Wildman–Crippen MR) is 98.2 cm³/mol. The molecule has 0 aliphatic rings. The smallest absolute Gasteiger partial charge is 0.356 e. The Morgan fingerprint density at radius 3 is 2.57 bits per heavy atom. The van der Waals surface area contributed by atoms with Crippen LogP contribution in [0.25, 0.3) is 0 Å². The first-order valence-electron chi connectivity index (χ1n) is 7.83. The van der Waals surface area contributed by atoms with E-state index in [9.17, 15) is 18.4 Å². The van der Waals surface area contributed by atoms with Gasteiger partial charge in [-0.1, -0.05) is 0 Å². The molecule has 1 amide bonds. The molecule has 0 saturated heterocycles. The lowest BCUT2D eigenvalue weighted by molar-refractivity contribution is 0.0689. The van der Waals surface area contributed by atoms with Crippen LogP contribution in [0.3, 0.4) is 0 Å². The van der Waals surface area contributed by atoms with Crippen LogP contribution in [-0.2, 0) is 0 Å². The maximum atomic E-state index is 13.3. The molecule has 28 heavy (non-hydrogen) atoms. The van der Waals surface area contributed by atoms with E-state index in [4.69, 9.17) is 5.11 Å². The number of benzene rings is 1. The zero-order valence-corrected chi connectivity index (χ0v) is 15.4. The van der Waals surface area contributed by atoms with Gasteiger partial charge in [-0.15, -0.1) is 0 Å². The van der Waals surface area contributed by atoms with Gasteiger partial charge in [0.05, 0.1) is 23.1 Å². The Kier molecular flexibility index (Phi) is 5.27. The first kappa shape index (κ1) is 19.3. The minimum Gasteiger partial charge on any atom is -0.476 e. The van der Waals surface area contributed by atoms with E-state index in [1.54, 1.807) is 6.92 Å². The van der Waals surface area contributed by atoms with Gasteiger partial charge in [0.2, 0.25) is 0 Å². The number of anilines is 3. The van der Waals surface area contributed by atoms with E-state index in [1.807, 2.05) is 0 Å². The number of aryl methyl sites for hydroxylation is 2. The van der Waals surface area contributed by atoms with E-state index < -0.39 is 23.5 Å². The summed E-state index contributed by atoms with van der Waals surface area (Å²) >= 11 is 0.963. The summed E-state index contributed by atoms with van der Waals surface area (Å²) in [5.74, 6) is -3.83. The fourth-order valence-electron chi connectivity index (χ4n) is 2.32. The number of carbonyl (C=O) groups is 2. The maximum Gasteiger partial charge on any atom is 0.356 e. The summed E-state index contributed by atoms with van der Waals surface area (Å²) < 4.78 is 30.5. The number of nitrogens with one attached hydrogen (secondary N) is 2. The minimum absolute atomic E-state index is 0.0729. The van der Waals surface area contributed by atoms with Crippen molar-refractivity contribution in [3.63, 3.8) is 0 Å². The lowest BCUT2D eigenvalue weighted by Crippen LogP contribution is -2.14. The normalized spacial score (nSPS) is 10.6. The number of carboxylic acids is 1. The summed E-state index contributed by atoms with van der Waals surface area (Å²) in [5, 5.41) is 14.7. The molecule has 0 aliphatic heterocycles. The zero-order valence-electron chi connectivity index (χ0n) is 14.6. The first-order valence-corrected chi connectivity index (χ1v) is 8.60. The van der Waals surface area contributed by atoms with Crippen molar-refractivity contribution in [1.82, 2.24) is 14.3 Å². The molecule has 0 spiro atoms. The monoisotopic (exact) mass is 405 g/mol. The highest BCUT2D eigenvalue weighted by atomic mass is 32.1. The first-order chi connectivity index (χ1) is 13.3. The average molecular weight is 405 g/mol. The van der Waals surface area contributed by atoms with Gasteiger partial charge in [-0.25, -0.2) is 18.6 Å². The Morgan fingerprint density at radius 1 is 1.14 bits per heavy atom. The Bertz CT molecular complexity index is 1090. The number of hydrogen-bond donors (Lipinski definition) is 3. The van der Waals surface area contributed by atoms with Gasteiger partial charge in [0, 0.05) is 11.8 Å². The number of hydrogen-bond acceptors (Lipinski definition) is 7. The molecule has 2 heterocycles. The topological polar surface area (TPSA) is 117 Å². The van der Waals surface area contributed by atoms with Crippen LogP contribution in [0.15, 0.2) is 24.4 Å². The van der Waals surface area contributed by atoms with Gasteiger partial charge in [0.15, 0.2) is 23.1 Å². The largest absolute Gasteiger partial charge is 0.476 e. The molecule has 0 radical (unpaired) electrons. The molecule has 3 N–H and O–H groups in total. The fourth-order valence-corrected chi connectivity index (χ4v) is 3.12. The Labute approximate surface area is 161 Å². The summed E-state index contributed by atoms with van der Waals surface area (Å²) in [5.41, 5.74) is 0.651. The van der Waals surface area contributed by atoms with Crippen molar-refractivity contribution >= 4 is 39.9 Å². The van der Waals surface area contributed by atoms with Crippen molar-refractivity contribution in [2.24, 2.45) is 0 Å². The van der Waals surface area contributed by atoms with Crippen molar-refractivity contribution in [3.8, 4) is 0 Å². The van der Waals surface area contributed by atoms with Crippen LogP contribution < -0.4 is 10.6 Å². The van der Waals surface area contributed by atoms with Gasteiger partial charge < -0.3 is 15.7 Å². The molecule has 0 fully saturated rings. The van der Waals surface area contributed by atoms with Crippen LogP contribution >= 0.6 is 11.5 Å². The molecule has 3 rings (SSSR count). The standard InChI is InChI=1S/C17H13F2N5O3S/c1-7-13(15(25)21-9-3-4-10(18)11(19)5-9)16(28-24-7)23-12-6-20-8(2)14(22-12)17(26)27/h3-6H,1-2H3,(H,21,25)(H,22,23)(H,26,27). The Morgan fingerprint density at radius 2 is 1.89 bits per heavy atom. The number of carbonyl (C=O) groups excluding carboxylic acids is 1. The molecule has 1 aromatic carbocycles. The Hall–Kier alpha value is -3.47. The number of aromatic carboxylic acids is 1. The second-order valence-corrected chi connectivity index (χ2v) is 6.45. The highest BCUT2D eigenvalue weighted by molar-refractivity contribution is 7.10. The third-order valence-corrected chi connectivity index (χ3v) is 4.52. The zero-order chi connectivity index (χ0) is 20.4. The van der Waals surface area contributed by atoms with Crippen molar-refractivity contribution < 1.29 is 23.5 Å². The second kappa shape index (κ2) is 7.64. The molecule has 0 unspecified atom stereocenters. The summed E-state index contributed by atoms with van der Waals surface area (Å²) in [6.07, 6.45) is 1.33. The molecule has 0 atom stereocenters. The highest BCUT2D eigenvalue weighted by Crippen LogP contribution is 2.28. The number of halogens is 2. The molecule has 144 valence electrons. The fraction of sp³-hybridized carbons (Fsp3) is 0.118. The minimum atomic E-state index is -1.23. The van der Waals surface area contributed by atoms with Gasteiger partial charge in [0.1, 0.15) is 5.00 Å². The summed E-state index contributed by atoms with van der Waals surface area (Å²) in [7, 11) is 0. The third-order valence-electron chi connectivity index (χ3n) is 3.67. The van der Waals surface area contributed by atoms with E-state index >= 15 is 0 Å². The number of nitrogens with zero attached hydrogens (tertiary/aromatic N) is 3. The molecule has 3 aromatic rings. The maximum absolute atomic E-state index is 13.3. The Balaban J connectivity index is 1.87. The quantitative estimate of drug-likeness (QED) is 0.594. The van der Waals surface area contributed by atoms with E-state index in [0.29, 0.717) is 10.7 Å². The van der Waals surface area contributed by atoms with Crippen LogP contribution in [0.5, 0.6) is 0 Å².